The Hall–Kier alpha value is -1.06. The van der Waals surface area contributed by atoms with E-state index in [2.05, 4.69) is 6.92 Å². The zero-order chi connectivity index (χ0) is 12.1. The van der Waals surface area contributed by atoms with Gasteiger partial charge in [-0.15, -0.1) is 0 Å². The lowest BCUT2D eigenvalue weighted by molar-refractivity contribution is -0.140. The van der Waals surface area contributed by atoms with Gasteiger partial charge in [0.2, 0.25) is 5.91 Å². The lowest BCUT2D eigenvalue weighted by Gasteiger charge is -2.25. The summed E-state index contributed by atoms with van der Waals surface area (Å²) in [5, 5.41) is 8.62. The molecule has 0 aliphatic heterocycles. The van der Waals surface area contributed by atoms with Crippen LogP contribution in [0.1, 0.15) is 39.5 Å². The highest BCUT2D eigenvalue weighted by atomic mass is 16.4. The summed E-state index contributed by atoms with van der Waals surface area (Å²) in [7, 11) is 0. The SMILES string of the molecule is CCN(CCC(=O)O)C(=O)C1CCCC1C. The number of hydrogen-bond acceptors (Lipinski definition) is 2. The van der Waals surface area contributed by atoms with Crippen LogP contribution in [0.3, 0.4) is 0 Å². The number of carbonyl (C=O) groups excluding carboxylic acids is 1. The van der Waals surface area contributed by atoms with E-state index in [1.807, 2.05) is 6.92 Å². The largest absolute Gasteiger partial charge is 0.481 e. The molecule has 1 aliphatic carbocycles. The third-order valence-corrected chi connectivity index (χ3v) is 3.47. The first kappa shape index (κ1) is 13.0. The number of rotatable bonds is 5. The molecule has 0 spiro atoms. The number of carboxylic acids is 1. The molecule has 0 radical (unpaired) electrons. The molecule has 0 aromatic heterocycles. The molecule has 1 N–H and O–H groups in total. The fraction of sp³-hybridized carbons (Fsp3) is 0.833. The summed E-state index contributed by atoms with van der Waals surface area (Å²) >= 11 is 0. The number of hydrogen-bond donors (Lipinski definition) is 1. The van der Waals surface area contributed by atoms with E-state index in [9.17, 15) is 9.59 Å². The van der Waals surface area contributed by atoms with Gasteiger partial charge in [0.15, 0.2) is 0 Å². The molecule has 1 rings (SSSR count). The predicted octanol–water partition coefficient (Wildman–Crippen LogP) is 1.75. The Morgan fingerprint density at radius 1 is 1.38 bits per heavy atom. The Morgan fingerprint density at radius 2 is 2.06 bits per heavy atom. The van der Waals surface area contributed by atoms with Crippen molar-refractivity contribution < 1.29 is 14.7 Å². The van der Waals surface area contributed by atoms with Crippen LogP contribution in [0, 0.1) is 11.8 Å². The van der Waals surface area contributed by atoms with Crippen LogP contribution in [0.2, 0.25) is 0 Å². The smallest absolute Gasteiger partial charge is 0.305 e. The molecule has 0 bridgehead atoms. The first-order valence-corrected chi connectivity index (χ1v) is 6.06. The Labute approximate surface area is 96.6 Å². The first-order valence-electron chi connectivity index (χ1n) is 6.06. The third-order valence-electron chi connectivity index (χ3n) is 3.47. The van der Waals surface area contributed by atoms with Crippen molar-refractivity contribution in [3.63, 3.8) is 0 Å². The van der Waals surface area contributed by atoms with Crippen LogP contribution >= 0.6 is 0 Å². The molecule has 16 heavy (non-hydrogen) atoms. The lowest BCUT2D eigenvalue weighted by Crippen LogP contribution is -2.38. The normalized spacial score (nSPS) is 24.4. The Balaban J connectivity index is 2.51. The van der Waals surface area contributed by atoms with E-state index in [-0.39, 0.29) is 18.2 Å². The fourth-order valence-corrected chi connectivity index (χ4v) is 2.40. The van der Waals surface area contributed by atoms with E-state index in [0.717, 1.165) is 19.3 Å². The van der Waals surface area contributed by atoms with Crippen LogP contribution in [0.4, 0.5) is 0 Å². The molecule has 1 saturated carbocycles. The van der Waals surface area contributed by atoms with Gasteiger partial charge in [-0.2, -0.15) is 0 Å². The summed E-state index contributed by atoms with van der Waals surface area (Å²) in [6.07, 6.45) is 3.24. The van der Waals surface area contributed by atoms with Crippen molar-refractivity contribution in [2.24, 2.45) is 11.8 Å². The average Bonchev–Trinajstić information content (AvgIpc) is 2.64. The number of aliphatic carboxylic acids is 1. The van der Waals surface area contributed by atoms with Gasteiger partial charge in [-0.05, 0) is 25.7 Å². The molecule has 92 valence electrons. The molecule has 4 heteroatoms. The Morgan fingerprint density at radius 3 is 2.50 bits per heavy atom. The van der Waals surface area contributed by atoms with Crippen molar-refractivity contribution in [1.29, 1.82) is 0 Å². The Bertz CT molecular complexity index is 265. The summed E-state index contributed by atoms with van der Waals surface area (Å²) < 4.78 is 0. The van der Waals surface area contributed by atoms with E-state index in [4.69, 9.17) is 5.11 Å². The minimum absolute atomic E-state index is 0.0423. The van der Waals surface area contributed by atoms with Crippen LogP contribution in [0.15, 0.2) is 0 Å². The van der Waals surface area contributed by atoms with Crippen LogP contribution in [0.5, 0.6) is 0 Å². The fourth-order valence-electron chi connectivity index (χ4n) is 2.40. The second-order valence-corrected chi connectivity index (χ2v) is 4.58. The van der Waals surface area contributed by atoms with E-state index in [1.54, 1.807) is 4.90 Å². The van der Waals surface area contributed by atoms with E-state index >= 15 is 0 Å². The van der Waals surface area contributed by atoms with Gasteiger partial charge in [0, 0.05) is 19.0 Å². The minimum atomic E-state index is -0.842. The van der Waals surface area contributed by atoms with Crippen molar-refractivity contribution in [1.82, 2.24) is 4.90 Å². The predicted molar refractivity (Wildman–Crippen MR) is 61.0 cm³/mol. The molecular weight excluding hydrogens is 206 g/mol. The van der Waals surface area contributed by atoms with Gasteiger partial charge in [0.25, 0.3) is 0 Å². The van der Waals surface area contributed by atoms with Gasteiger partial charge in [0.05, 0.1) is 6.42 Å². The highest BCUT2D eigenvalue weighted by Gasteiger charge is 2.32. The molecule has 2 unspecified atom stereocenters. The van der Waals surface area contributed by atoms with Crippen molar-refractivity contribution in [3.05, 3.63) is 0 Å². The van der Waals surface area contributed by atoms with Crippen LogP contribution in [-0.4, -0.2) is 35.0 Å². The lowest BCUT2D eigenvalue weighted by atomic mass is 9.96. The highest BCUT2D eigenvalue weighted by Crippen LogP contribution is 2.32. The number of carboxylic acid groups (broad SMARTS) is 1. The van der Waals surface area contributed by atoms with E-state index in [0.29, 0.717) is 19.0 Å². The summed E-state index contributed by atoms with van der Waals surface area (Å²) in [6.45, 7) is 4.96. The van der Waals surface area contributed by atoms with Crippen LogP contribution in [-0.2, 0) is 9.59 Å². The first-order chi connectivity index (χ1) is 7.56. The molecule has 0 aromatic rings. The van der Waals surface area contributed by atoms with Crippen molar-refractivity contribution >= 4 is 11.9 Å². The topological polar surface area (TPSA) is 57.6 Å². The van der Waals surface area contributed by atoms with Crippen molar-refractivity contribution in [2.45, 2.75) is 39.5 Å². The summed E-state index contributed by atoms with van der Waals surface area (Å²) in [5.74, 6) is -0.125. The molecule has 1 aliphatic rings. The van der Waals surface area contributed by atoms with Gasteiger partial charge in [-0.1, -0.05) is 13.3 Å². The molecule has 0 aromatic carbocycles. The number of carbonyl (C=O) groups is 2. The second-order valence-electron chi connectivity index (χ2n) is 4.58. The van der Waals surface area contributed by atoms with Gasteiger partial charge in [-0.25, -0.2) is 0 Å². The zero-order valence-electron chi connectivity index (χ0n) is 10.1. The second kappa shape index (κ2) is 5.87. The van der Waals surface area contributed by atoms with E-state index < -0.39 is 5.97 Å². The molecule has 1 fully saturated rings. The highest BCUT2D eigenvalue weighted by molar-refractivity contribution is 5.80. The van der Waals surface area contributed by atoms with Gasteiger partial charge >= 0.3 is 5.97 Å². The van der Waals surface area contributed by atoms with Crippen LogP contribution < -0.4 is 0 Å². The summed E-state index contributed by atoms with van der Waals surface area (Å²) in [5.41, 5.74) is 0. The maximum Gasteiger partial charge on any atom is 0.305 e. The molecule has 1 amide bonds. The molecule has 4 nitrogen and oxygen atoms in total. The Kier molecular flexibility index (Phi) is 4.77. The quantitative estimate of drug-likeness (QED) is 0.778. The standard InChI is InChI=1S/C12H21NO3/c1-3-13(8-7-11(14)15)12(16)10-6-4-5-9(10)2/h9-10H,3-8H2,1-2H3,(H,14,15). The molecule has 0 heterocycles. The minimum Gasteiger partial charge on any atom is -0.481 e. The summed E-state index contributed by atoms with van der Waals surface area (Å²) in [6, 6.07) is 0. The maximum atomic E-state index is 12.1. The molecule has 2 atom stereocenters. The van der Waals surface area contributed by atoms with Gasteiger partial charge in [-0.3, -0.25) is 9.59 Å². The van der Waals surface area contributed by atoms with E-state index in [1.165, 1.54) is 0 Å². The van der Waals surface area contributed by atoms with Crippen molar-refractivity contribution in [3.8, 4) is 0 Å². The maximum absolute atomic E-state index is 12.1. The van der Waals surface area contributed by atoms with Crippen molar-refractivity contribution in [2.75, 3.05) is 13.1 Å². The van der Waals surface area contributed by atoms with Gasteiger partial charge < -0.3 is 10.0 Å². The number of nitrogens with zero attached hydrogens (tertiary/aromatic N) is 1. The zero-order valence-corrected chi connectivity index (χ0v) is 10.1. The monoisotopic (exact) mass is 227 g/mol. The average molecular weight is 227 g/mol. The third kappa shape index (κ3) is 3.22. The van der Waals surface area contributed by atoms with Gasteiger partial charge in [0.1, 0.15) is 0 Å². The molecular formula is C12H21NO3. The van der Waals surface area contributed by atoms with Crippen LogP contribution in [0.25, 0.3) is 0 Å². The number of amides is 1. The molecule has 0 saturated heterocycles. The summed E-state index contributed by atoms with van der Waals surface area (Å²) in [4.78, 5) is 24.3.